The maximum atomic E-state index is 13.9. The summed E-state index contributed by atoms with van der Waals surface area (Å²) in [6.07, 6.45) is 7.13. The predicted molar refractivity (Wildman–Crippen MR) is 175 cm³/mol. The number of nitrogens with one attached hydrogen (secondary N) is 2. The molecule has 0 aliphatic rings. The van der Waals surface area contributed by atoms with E-state index in [9.17, 15) is 21.2 Å². The molecular weight excluding hydrogens is 667 g/mol. The van der Waals surface area contributed by atoms with Crippen LogP contribution in [0.5, 0.6) is 0 Å². The molecule has 0 bridgehead atoms. The average molecular weight is 693 g/mol. The molecule has 0 saturated carbocycles. The number of rotatable bonds is 9. The quantitative estimate of drug-likeness (QED) is 0.179. The number of aryl methyl sites for hydroxylation is 3. The maximum Gasteiger partial charge on any atom is 0.278 e. The summed E-state index contributed by atoms with van der Waals surface area (Å²) in [5.41, 5.74) is 3.12. The summed E-state index contributed by atoms with van der Waals surface area (Å²) in [5.74, 6) is -0.279. The SMILES string of the molecule is Cc1cc(C)cc(NS(=O)(=O)c2cccn2-c2ncc(-c3ccn(-c4ccnc(Cl)n4)c3S(=O)(=O)Nc3ccc(F)c(C)c3)cn2)c1. The molecule has 0 aliphatic carbocycles. The molecule has 0 radical (unpaired) electrons. The second-order valence-corrected chi connectivity index (χ2v) is 14.2. The molecule has 16 heteroatoms. The van der Waals surface area contributed by atoms with E-state index in [2.05, 4.69) is 29.4 Å². The van der Waals surface area contributed by atoms with Crippen LogP contribution in [0.1, 0.15) is 16.7 Å². The summed E-state index contributed by atoms with van der Waals surface area (Å²) >= 11 is 6.01. The van der Waals surface area contributed by atoms with Crippen LogP contribution in [0, 0.1) is 26.6 Å². The lowest BCUT2D eigenvalue weighted by molar-refractivity contribution is 0.592. The number of nitrogens with zero attached hydrogens (tertiary/aromatic N) is 6. The first-order chi connectivity index (χ1) is 22.3. The Morgan fingerprint density at radius 1 is 0.766 bits per heavy atom. The number of halogens is 2. The smallest absolute Gasteiger partial charge is 0.278 e. The molecule has 0 atom stereocenters. The van der Waals surface area contributed by atoms with Crippen molar-refractivity contribution in [1.82, 2.24) is 29.1 Å². The van der Waals surface area contributed by atoms with Gasteiger partial charge < -0.3 is 0 Å². The minimum atomic E-state index is -4.35. The fraction of sp³-hybridized carbons (Fsp3) is 0.0968. The van der Waals surface area contributed by atoms with E-state index < -0.39 is 25.9 Å². The monoisotopic (exact) mass is 692 g/mol. The van der Waals surface area contributed by atoms with Crippen LogP contribution in [0.3, 0.4) is 0 Å². The third kappa shape index (κ3) is 6.58. The van der Waals surface area contributed by atoms with Crippen molar-refractivity contribution in [2.45, 2.75) is 30.8 Å². The Kier molecular flexibility index (Phi) is 8.29. The van der Waals surface area contributed by atoms with E-state index in [1.165, 1.54) is 77.4 Å². The molecule has 0 aliphatic heterocycles. The first kappa shape index (κ1) is 31.8. The van der Waals surface area contributed by atoms with Crippen molar-refractivity contribution in [1.29, 1.82) is 0 Å². The molecule has 2 N–H and O–H groups in total. The van der Waals surface area contributed by atoms with Gasteiger partial charge in [-0.15, -0.1) is 0 Å². The van der Waals surface area contributed by atoms with Gasteiger partial charge in [0.15, 0.2) is 10.1 Å². The molecule has 12 nitrogen and oxygen atoms in total. The van der Waals surface area contributed by atoms with Gasteiger partial charge in [-0.05, 0) is 104 Å². The van der Waals surface area contributed by atoms with E-state index >= 15 is 0 Å². The zero-order valence-corrected chi connectivity index (χ0v) is 27.4. The predicted octanol–water partition coefficient (Wildman–Crippen LogP) is 5.83. The van der Waals surface area contributed by atoms with Crippen molar-refractivity contribution in [2.75, 3.05) is 9.44 Å². The lowest BCUT2D eigenvalue weighted by atomic mass is 10.1. The molecule has 47 heavy (non-hydrogen) atoms. The third-order valence-electron chi connectivity index (χ3n) is 6.99. The number of anilines is 2. The molecular formula is C31H26ClFN8O4S2. The number of hydrogen-bond donors (Lipinski definition) is 2. The van der Waals surface area contributed by atoms with Crippen molar-refractivity contribution in [3.63, 3.8) is 0 Å². The van der Waals surface area contributed by atoms with Gasteiger partial charge in [-0.25, -0.2) is 19.3 Å². The van der Waals surface area contributed by atoms with Crippen LogP contribution in [0.2, 0.25) is 5.28 Å². The summed E-state index contributed by atoms with van der Waals surface area (Å²) in [6, 6.07) is 15.2. The maximum absolute atomic E-state index is 13.9. The lowest BCUT2D eigenvalue weighted by Crippen LogP contribution is -2.18. The molecule has 0 saturated heterocycles. The first-order valence-electron chi connectivity index (χ1n) is 13.9. The standard InChI is InChI=1S/C31H26ClFN8O4S2/c1-19-13-20(2)15-24(14-19)39-46(42,43)28-5-4-11-41(28)31-35-17-22(18-36-31)25-9-12-40(27-8-10-34-30(32)37-27)29(25)47(44,45)38-23-6-7-26(33)21(3)16-23/h4-18,38-39H,1-3H3. The van der Waals surface area contributed by atoms with E-state index in [4.69, 9.17) is 11.6 Å². The Hall–Kier alpha value is -5.12. The van der Waals surface area contributed by atoms with Gasteiger partial charge in [-0.1, -0.05) is 6.07 Å². The topological polar surface area (TPSA) is 154 Å². The van der Waals surface area contributed by atoms with Gasteiger partial charge in [-0.2, -0.15) is 21.8 Å². The van der Waals surface area contributed by atoms with Crippen molar-refractivity contribution in [3.05, 3.63) is 119 Å². The molecule has 0 amide bonds. The second kappa shape index (κ2) is 12.2. The van der Waals surface area contributed by atoms with Crippen LogP contribution in [0.15, 0.2) is 102 Å². The molecule has 6 rings (SSSR count). The highest BCUT2D eigenvalue weighted by Crippen LogP contribution is 2.32. The van der Waals surface area contributed by atoms with Gasteiger partial charge in [0, 0.05) is 53.5 Å². The fourth-order valence-electron chi connectivity index (χ4n) is 5.04. The number of hydrogen-bond acceptors (Lipinski definition) is 8. The van der Waals surface area contributed by atoms with Crippen LogP contribution in [-0.2, 0) is 20.0 Å². The number of benzene rings is 2. The summed E-state index contributed by atoms with van der Waals surface area (Å²) in [4.78, 5) is 16.8. The van der Waals surface area contributed by atoms with Crippen molar-refractivity contribution >= 4 is 43.0 Å². The number of sulfonamides is 2. The molecule has 0 spiro atoms. The van der Waals surface area contributed by atoms with E-state index in [1.807, 2.05) is 19.9 Å². The summed E-state index contributed by atoms with van der Waals surface area (Å²) in [6.45, 7) is 5.26. The molecule has 240 valence electrons. The van der Waals surface area contributed by atoms with Gasteiger partial charge in [0.25, 0.3) is 20.0 Å². The lowest BCUT2D eigenvalue weighted by Gasteiger charge is -2.14. The van der Waals surface area contributed by atoms with Crippen LogP contribution < -0.4 is 9.44 Å². The van der Waals surface area contributed by atoms with Gasteiger partial charge in [0.05, 0.1) is 0 Å². The first-order valence-corrected chi connectivity index (χ1v) is 17.3. The minimum Gasteiger partial charge on any atom is -0.290 e. The van der Waals surface area contributed by atoms with Gasteiger partial charge >= 0.3 is 0 Å². The highest BCUT2D eigenvalue weighted by Gasteiger charge is 2.27. The largest absolute Gasteiger partial charge is 0.290 e. The van der Waals surface area contributed by atoms with Crippen molar-refractivity contribution in [3.8, 4) is 22.9 Å². The van der Waals surface area contributed by atoms with Gasteiger partial charge in [0.2, 0.25) is 11.2 Å². The van der Waals surface area contributed by atoms with Gasteiger partial charge in [0.1, 0.15) is 11.6 Å². The molecule has 0 unspecified atom stereocenters. The van der Waals surface area contributed by atoms with Crippen LogP contribution in [0.4, 0.5) is 15.8 Å². The van der Waals surface area contributed by atoms with E-state index in [0.717, 1.165) is 17.2 Å². The fourth-order valence-corrected chi connectivity index (χ4v) is 7.80. The Bertz CT molecular complexity index is 2340. The highest BCUT2D eigenvalue weighted by molar-refractivity contribution is 7.93. The van der Waals surface area contributed by atoms with Crippen molar-refractivity contribution < 1.29 is 21.2 Å². The Balaban J connectivity index is 1.38. The molecule has 4 aromatic heterocycles. The zero-order chi connectivity index (χ0) is 33.5. The third-order valence-corrected chi connectivity index (χ3v) is 9.99. The molecule has 4 heterocycles. The number of aromatic nitrogens is 6. The van der Waals surface area contributed by atoms with Crippen LogP contribution >= 0.6 is 11.6 Å². The van der Waals surface area contributed by atoms with Crippen molar-refractivity contribution in [2.24, 2.45) is 0 Å². The normalized spacial score (nSPS) is 11.9. The molecule has 2 aromatic carbocycles. The molecule has 6 aromatic rings. The van der Waals surface area contributed by atoms with Gasteiger partial charge in [-0.3, -0.25) is 18.6 Å². The summed E-state index contributed by atoms with van der Waals surface area (Å²) in [7, 11) is -8.39. The Labute approximate surface area is 275 Å². The van der Waals surface area contributed by atoms with Crippen LogP contribution in [0.25, 0.3) is 22.9 Å². The summed E-state index contributed by atoms with van der Waals surface area (Å²) < 4.78 is 76.2. The summed E-state index contributed by atoms with van der Waals surface area (Å²) in [5, 5.41) is -0.425. The Morgan fingerprint density at radius 2 is 1.47 bits per heavy atom. The second-order valence-electron chi connectivity index (χ2n) is 10.6. The zero-order valence-electron chi connectivity index (χ0n) is 25.0. The highest BCUT2D eigenvalue weighted by atomic mass is 35.5. The van der Waals surface area contributed by atoms with E-state index in [0.29, 0.717) is 11.3 Å². The molecule has 0 fully saturated rings. The van der Waals surface area contributed by atoms with E-state index in [-0.39, 0.29) is 43.9 Å². The Morgan fingerprint density at radius 3 is 2.15 bits per heavy atom. The average Bonchev–Trinajstić information content (AvgIpc) is 3.68. The minimum absolute atomic E-state index is 0.0332. The van der Waals surface area contributed by atoms with Crippen LogP contribution in [-0.4, -0.2) is 45.9 Å². The van der Waals surface area contributed by atoms with E-state index in [1.54, 1.807) is 18.2 Å².